The van der Waals surface area contributed by atoms with Crippen LogP contribution in [0.15, 0.2) is 0 Å². The van der Waals surface area contributed by atoms with Gasteiger partial charge in [0, 0.05) is 0 Å². The van der Waals surface area contributed by atoms with Gasteiger partial charge in [0.15, 0.2) is 0 Å². The largest absolute Gasteiger partial charge is 0.198 e. The third-order valence-electron chi connectivity index (χ3n) is 2.83. The molecule has 0 amide bonds. The van der Waals surface area contributed by atoms with E-state index in [9.17, 15) is 0 Å². The molecule has 0 spiro atoms. The molecule has 1 heteroatoms. The fourth-order valence-electron chi connectivity index (χ4n) is 1.36. The maximum Gasteiger partial charge on any atom is 0.0661 e. The van der Waals surface area contributed by atoms with E-state index in [2.05, 4.69) is 47.6 Å². The van der Waals surface area contributed by atoms with Crippen molar-refractivity contribution in [1.82, 2.24) is 0 Å². The molecule has 0 fully saturated rings. The first kappa shape index (κ1) is 12.5. The second-order valence-corrected chi connectivity index (χ2v) is 5.79. The quantitative estimate of drug-likeness (QED) is 0.645. The molecule has 0 saturated heterocycles. The van der Waals surface area contributed by atoms with Crippen molar-refractivity contribution < 1.29 is 0 Å². The molecule has 1 unspecified atom stereocenters. The molecular formula is C12H23N. The monoisotopic (exact) mass is 181 g/mol. The van der Waals surface area contributed by atoms with Crippen molar-refractivity contribution in [2.45, 2.75) is 54.4 Å². The predicted molar refractivity (Wildman–Crippen MR) is 57.2 cm³/mol. The summed E-state index contributed by atoms with van der Waals surface area (Å²) in [5.74, 6) is 0.178. The summed E-state index contributed by atoms with van der Waals surface area (Å²) < 4.78 is 0. The summed E-state index contributed by atoms with van der Waals surface area (Å²) >= 11 is 0. The lowest BCUT2D eigenvalue weighted by atomic mass is 9.70. The Morgan fingerprint density at radius 2 is 1.62 bits per heavy atom. The molecule has 0 saturated carbocycles. The van der Waals surface area contributed by atoms with Gasteiger partial charge in [-0.05, 0) is 23.7 Å². The lowest BCUT2D eigenvalue weighted by Crippen LogP contribution is -2.26. The standard InChI is InChI=1S/C12H23N/c1-7-12(5,6)10(9-13)8-11(2,3)4/h10H,7-8H2,1-6H3. The van der Waals surface area contributed by atoms with Gasteiger partial charge in [-0.1, -0.05) is 41.5 Å². The Morgan fingerprint density at radius 3 is 1.85 bits per heavy atom. The summed E-state index contributed by atoms with van der Waals surface area (Å²) in [6, 6.07) is 2.45. The molecular weight excluding hydrogens is 158 g/mol. The Bertz CT molecular complexity index is 190. The maximum absolute atomic E-state index is 9.11. The van der Waals surface area contributed by atoms with E-state index in [0.29, 0.717) is 0 Å². The van der Waals surface area contributed by atoms with Crippen LogP contribution in [-0.2, 0) is 0 Å². The van der Waals surface area contributed by atoms with Gasteiger partial charge < -0.3 is 0 Å². The zero-order valence-corrected chi connectivity index (χ0v) is 9.94. The Labute approximate surface area is 83.1 Å². The summed E-state index contributed by atoms with van der Waals surface area (Å²) in [6.07, 6.45) is 2.06. The molecule has 0 bridgehead atoms. The number of nitriles is 1. The highest BCUT2D eigenvalue weighted by molar-refractivity contribution is 4.94. The summed E-state index contributed by atoms with van der Waals surface area (Å²) in [5, 5.41) is 9.11. The van der Waals surface area contributed by atoms with Crippen molar-refractivity contribution >= 4 is 0 Å². The highest BCUT2D eigenvalue weighted by atomic mass is 14.4. The third-order valence-corrected chi connectivity index (χ3v) is 2.83. The number of hydrogen-bond acceptors (Lipinski definition) is 1. The lowest BCUT2D eigenvalue weighted by Gasteiger charge is -2.33. The molecule has 0 aliphatic rings. The van der Waals surface area contributed by atoms with Gasteiger partial charge in [0.1, 0.15) is 0 Å². The first-order valence-electron chi connectivity index (χ1n) is 5.12. The van der Waals surface area contributed by atoms with E-state index >= 15 is 0 Å². The fourth-order valence-corrected chi connectivity index (χ4v) is 1.36. The average molecular weight is 181 g/mol. The Hall–Kier alpha value is -0.510. The van der Waals surface area contributed by atoms with Crippen LogP contribution in [0.1, 0.15) is 54.4 Å². The smallest absolute Gasteiger partial charge is 0.0661 e. The van der Waals surface area contributed by atoms with Crippen molar-refractivity contribution in [3.05, 3.63) is 0 Å². The summed E-state index contributed by atoms with van der Waals surface area (Å²) in [7, 11) is 0. The average Bonchev–Trinajstić information content (AvgIpc) is 1.98. The predicted octanol–water partition coefficient (Wildman–Crippen LogP) is 4.00. The minimum Gasteiger partial charge on any atom is -0.198 e. The molecule has 0 aliphatic carbocycles. The minimum absolute atomic E-state index is 0.155. The SMILES string of the molecule is CCC(C)(C)C(C#N)CC(C)(C)C. The summed E-state index contributed by atoms with van der Waals surface area (Å²) in [4.78, 5) is 0. The lowest BCUT2D eigenvalue weighted by molar-refractivity contribution is 0.187. The van der Waals surface area contributed by atoms with E-state index in [1.807, 2.05) is 0 Å². The number of rotatable bonds is 3. The third kappa shape index (κ3) is 4.31. The Balaban J connectivity index is 4.47. The zero-order chi connectivity index (χ0) is 10.7. The van der Waals surface area contributed by atoms with Crippen LogP contribution >= 0.6 is 0 Å². The molecule has 0 aliphatic heterocycles. The fraction of sp³-hybridized carbons (Fsp3) is 0.917. The molecule has 0 rings (SSSR count). The van der Waals surface area contributed by atoms with Gasteiger partial charge in [-0.25, -0.2) is 0 Å². The van der Waals surface area contributed by atoms with Gasteiger partial charge in [-0.3, -0.25) is 0 Å². The molecule has 0 aromatic heterocycles. The molecule has 0 aromatic rings. The van der Waals surface area contributed by atoms with Crippen LogP contribution in [0.4, 0.5) is 0 Å². The van der Waals surface area contributed by atoms with E-state index in [1.165, 1.54) is 0 Å². The van der Waals surface area contributed by atoms with Crippen LogP contribution < -0.4 is 0 Å². The minimum atomic E-state index is 0.155. The van der Waals surface area contributed by atoms with Gasteiger partial charge >= 0.3 is 0 Å². The molecule has 1 nitrogen and oxygen atoms in total. The van der Waals surface area contributed by atoms with Crippen LogP contribution in [0.2, 0.25) is 0 Å². The van der Waals surface area contributed by atoms with Gasteiger partial charge in [-0.2, -0.15) is 5.26 Å². The Kier molecular flexibility index (Phi) is 3.97. The first-order chi connectivity index (χ1) is 5.73. The molecule has 76 valence electrons. The van der Waals surface area contributed by atoms with Crippen molar-refractivity contribution in [3.63, 3.8) is 0 Å². The van der Waals surface area contributed by atoms with Crippen molar-refractivity contribution in [2.24, 2.45) is 16.7 Å². The van der Waals surface area contributed by atoms with Gasteiger partial charge in [-0.15, -0.1) is 0 Å². The highest BCUT2D eigenvalue weighted by Gasteiger charge is 2.31. The summed E-state index contributed by atoms with van der Waals surface area (Å²) in [6.45, 7) is 13.1. The van der Waals surface area contributed by atoms with Gasteiger partial charge in [0.25, 0.3) is 0 Å². The molecule has 13 heavy (non-hydrogen) atoms. The second-order valence-electron chi connectivity index (χ2n) is 5.79. The van der Waals surface area contributed by atoms with Crippen molar-refractivity contribution in [3.8, 4) is 6.07 Å². The van der Waals surface area contributed by atoms with E-state index in [-0.39, 0.29) is 16.7 Å². The van der Waals surface area contributed by atoms with Crippen LogP contribution in [-0.4, -0.2) is 0 Å². The molecule has 0 radical (unpaired) electrons. The number of hydrogen-bond donors (Lipinski definition) is 0. The van der Waals surface area contributed by atoms with Crippen LogP contribution in [0.3, 0.4) is 0 Å². The van der Waals surface area contributed by atoms with Gasteiger partial charge in [0.05, 0.1) is 12.0 Å². The highest BCUT2D eigenvalue weighted by Crippen LogP contribution is 2.37. The molecule has 0 heterocycles. The normalized spacial score (nSPS) is 15.2. The second kappa shape index (κ2) is 4.13. The zero-order valence-electron chi connectivity index (χ0n) is 9.94. The maximum atomic E-state index is 9.11. The van der Waals surface area contributed by atoms with Crippen LogP contribution in [0.5, 0.6) is 0 Å². The number of nitrogens with zero attached hydrogens (tertiary/aromatic N) is 1. The summed E-state index contributed by atoms with van der Waals surface area (Å²) in [5.41, 5.74) is 0.412. The van der Waals surface area contributed by atoms with Crippen LogP contribution in [0, 0.1) is 28.1 Å². The molecule has 1 atom stereocenters. The van der Waals surface area contributed by atoms with Crippen LogP contribution in [0.25, 0.3) is 0 Å². The van der Waals surface area contributed by atoms with E-state index in [1.54, 1.807) is 0 Å². The van der Waals surface area contributed by atoms with Crippen molar-refractivity contribution in [1.29, 1.82) is 5.26 Å². The molecule has 0 aromatic carbocycles. The van der Waals surface area contributed by atoms with E-state index in [4.69, 9.17) is 5.26 Å². The first-order valence-corrected chi connectivity index (χ1v) is 5.12. The Morgan fingerprint density at radius 1 is 1.15 bits per heavy atom. The van der Waals surface area contributed by atoms with E-state index < -0.39 is 0 Å². The topological polar surface area (TPSA) is 23.8 Å². The van der Waals surface area contributed by atoms with E-state index in [0.717, 1.165) is 12.8 Å². The van der Waals surface area contributed by atoms with Gasteiger partial charge in [0.2, 0.25) is 0 Å². The molecule has 0 N–H and O–H groups in total. The van der Waals surface area contributed by atoms with Crippen molar-refractivity contribution in [2.75, 3.05) is 0 Å².